The normalized spacial score (nSPS) is 17.9. The van der Waals surface area contributed by atoms with Crippen LogP contribution in [0.4, 0.5) is 0 Å². The van der Waals surface area contributed by atoms with Crippen LogP contribution in [0.15, 0.2) is 66.7 Å². The molecular formula is C32H32O5. The molecule has 4 aromatic rings. The minimum atomic E-state index is -1.24. The molecule has 5 heteroatoms. The van der Waals surface area contributed by atoms with Gasteiger partial charge in [-0.05, 0) is 76.2 Å². The highest BCUT2D eigenvalue weighted by molar-refractivity contribution is 6.13. The number of ether oxygens (including phenoxy) is 2. The van der Waals surface area contributed by atoms with Gasteiger partial charge in [-0.2, -0.15) is 0 Å². The van der Waals surface area contributed by atoms with Gasteiger partial charge in [-0.25, -0.2) is 0 Å². The lowest BCUT2D eigenvalue weighted by Gasteiger charge is -2.27. The molecule has 2 N–H and O–H groups in total. The van der Waals surface area contributed by atoms with Crippen LogP contribution in [0, 0.1) is 0 Å². The Morgan fingerprint density at radius 3 is 2.43 bits per heavy atom. The van der Waals surface area contributed by atoms with E-state index in [2.05, 4.69) is 30.3 Å². The second-order valence-electron chi connectivity index (χ2n) is 9.85. The molecule has 0 saturated heterocycles. The number of aryl methyl sites for hydroxylation is 2. The molecule has 0 spiro atoms. The third-order valence-electron chi connectivity index (χ3n) is 7.44. The van der Waals surface area contributed by atoms with Crippen LogP contribution >= 0.6 is 0 Å². The first-order chi connectivity index (χ1) is 17.9. The van der Waals surface area contributed by atoms with Crippen LogP contribution in [0.25, 0.3) is 27.6 Å². The van der Waals surface area contributed by atoms with Crippen molar-refractivity contribution in [3.05, 3.63) is 89.0 Å². The minimum Gasteiger partial charge on any atom is -0.496 e. The van der Waals surface area contributed by atoms with E-state index in [1.165, 1.54) is 53.0 Å². The molecule has 0 saturated carbocycles. The number of aliphatic carboxylic acids is 1. The lowest BCUT2D eigenvalue weighted by atomic mass is 9.84. The maximum atomic E-state index is 10.6. The average molecular weight is 497 g/mol. The van der Waals surface area contributed by atoms with E-state index in [1.54, 1.807) is 26.4 Å². The van der Waals surface area contributed by atoms with Crippen molar-refractivity contribution in [3.8, 4) is 11.5 Å². The Kier molecular flexibility index (Phi) is 6.90. The number of benzene rings is 4. The monoisotopic (exact) mass is 496 g/mol. The van der Waals surface area contributed by atoms with E-state index in [4.69, 9.17) is 14.6 Å². The number of aliphatic hydroxyl groups is 1. The van der Waals surface area contributed by atoms with Crippen LogP contribution in [0.1, 0.15) is 41.5 Å². The van der Waals surface area contributed by atoms with Crippen molar-refractivity contribution in [1.29, 1.82) is 0 Å². The lowest BCUT2D eigenvalue weighted by molar-refractivity contribution is -0.140. The van der Waals surface area contributed by atoms with Crippen LogP contribution in [0.2, 0.25) is 0 Å². The highest BCUT2D eigenvalue weighted by Gasteiger charge is 2.30. The Labute approximate surface area is 217 Å². The van der Waals surface area contributed by atoms with Gasteiger partial charge >= 0.3 is 5.97 Å². The molecule has 0 fully saturated rings. The van der Waals surface area contributed by atoms with Crippen molar-refractivity contribution in [2.45, 2.75) is 44.1 Å². The summed E-state index contributed by atoms with van der Waals surface area (Å²) in [5.41, 5.74) is 3.81. The van der Waals surface area contributed by atoms with E-state index in [0.29, 0.717) is 6.42 Å². The van der Waals surface area contributed by atoms with Crippen molar-refractivity contribution in [2.24, 2.45) is 0 Å². The van der Waals surface area contributed by atoms with Gasteiger partial charge in [0.25, 0.3) is 0 Å². The zero-order valence-corrected chi connectivity index (χ0v) is 21.3. The maximum absolute atomic E-state index is 10.6. The standard InChI is InChI=1S/C20H20O2.C12H12O3/c1-21-18-9-5-8-16-15-11-10-13-6-3-4-7-14(13)17(15)12-19(22-2)20(16)18;13-11(14)8-12(15)6-5-9-3-1-2-4-10(9)7-12/h5,8-12H,3-4,6-7H2,1-2H3;1-6,15H,7-8H2,(H,13,14). The third kappa shape index (κ3) is 4.92. The molecule has 190 valence electrons. The van der Waals surface area contributed by atoms with Gasteiger partial charge in [0.05, 0.1) is 31.6 Å². The van der Waals surface area contributed by atoms with E-state index in [1.807, 2.05) is 30.3 Å². The highest BCUT2D eigenvalue weighted by atomic mass is 16.5. The van der Waals surface area contributed by atoms with Crippen molar-refractivity contribution < 1.29 is 24.5 Å². The largest absolute Gasteiger partial charge is 0.496 e. The van der Waals surface area contributed by atoms with Gasteiger partial charge in [-0.1, -0.05) is 60.7 Å². The summed E-state index contributed by atoms with van der Waals surface area (Å²) in [5.74, 6) is 0.787. The van der Waals surface area contributed by atoms with Crippen LogP contribution in [-0.4, -0.2) is 36.0 Å². The van der Waals surface area contributed by atoms with Gasteiger partial charge in [0, 0.05) is 6.42 Å². The molecule has 0 bridgehead atoms. The topological polar surface area (TPSA) is 76.0 Å². The first-order valence-corrected chi connectivity index (χ1v) is 12.7. The first kappa shape index (κ1) is 24.8. The van der Waals surface area contributed by atoms with E-state index in [9.17, 15) is 9.90 Å². The fourth-order valence-electron chi connectivity index (χ4n) is 5.68. The predicted octanol–water partition coefficient (Wildman–Crippen LogP) is 6.35. The van der Waals surface area contributed by atoms with Gasteiger partial charge in [0.1, 0.15) is 11.5 Å². The molecule has 0 radical (unpaired) electrons. The summed E-state index contributed by atoms with van der Waals surface area (Å²) in [5, 5.41) is 23.6. The van der Waals surface area contributed by atoms with E-state index >= 15 is 0 Å². The van der Waals surface area contributed by atoms with E-state index < -0.39 is 11.6 Å². The number of methoxy groups -OCH3 is 2. The van der Waals surface area contributed by atoms with Crippen LogP contribution in [0.3, 0.4) is 0 Å². The number of hydrogen-bond donors (Lipinski definition) is 2. The Morgan fingerprint density at radius 2 is 1.65 bits per heavy atom. The third-order valence-corrected chi connectivity index (χ3v) is 7.44. The molecule has 0 heterocycles. The summed E-state index contributed by atoms with van der Waals surface area (Å²) in [6, 6.07) is 20.7. The van der Waals surface area contributed by atoms with Crippen LogP contribution in [0.5, 0.6) is 11.5 Å². The Balaban J connectivity index is 0.000000164. The Hall–Kier alpha value is -3.83. The number of carbonyl (C=O) groups is 1. The molecule has 2 aliphatic rings. The minimum absolute atomic E-state index is 0.252. The Bertz CT molecular complexity index is 1500. The summed E-state index contributed by atoms with van der Waals surface area (Å²) >= 11 is 0. The average Bonchev–Trinajstić information content (AvgIpc) is 2.91. The molecule has 4 aromatic carbocycles. The molecule has 6 rings (SSSR count). The number of rotatable bonds is 4. The highest BCUT2D eigenvalue weighted by Crippen LogP contribution is 2.41. The SMILES string of the molecule is COc1cccc2c1c(OC)cc1c3c(ccc12)CCCC3.O=C(O)CC1(O)C=Cc2ccccc2C1. The van der Waals surface area contributed by atoms with E-state index in [0.717, 1.165) is 28.0 Å². The van der Waals surface area contributed by atoms with Gasteiger partial charge in [0.15, 0.2) is 0 Å². The predicted molar refractivity (Wildman–Crippen MR) is 148 cm³/mol. The van der Waals surface area contributed by atoms with Gasteiger partial charge in [-0.3, -0.25) is 4.79 Å². The van der Waals surface area contributed by atoms with Crippen molar-refractivity contribution in [3.63, 3.8) is 0 Å². The summed E-state index contributed by atoms with van der Waals surface area (Å²) in [4.78, 5) is 10.6. The summed E-state index contributed by atoms with van der Waals surface area (Å²) < 4.78 is 11.2. The zero-order valence-electron chi connectivity index (χ0n) is 21.3. The summed E-state index contributed by atoms with van der Waals surface area (Å²) in [7, 11) is 3.45. The van der Waals surface area contributed by atoms with Crippen LogP contribution < -0.4 is 9.47 Å². The Morgan fingerprint density at radius 1 is 0.865 bits per heavy atom. The smallest absolute Gasteiger partial charge is 0.306 e. The first-order valence-electron chi connectivity index (χ1n) is 12.7. The summed E-state index contributed by atoms with van der Waals surface area (Å²) in [6.07, 6.45) is 8.42. The number of fused-ring (bicyclic) bond motifs is 6. The maximum Gasteiger partial charge on any atom is 0.306 e. The fourth-order valence-corrected chi connectivity index (χ4v) is 5.68. The second-order valence-corrected chi connectivity index (χ2v) is 9.85. The number of carboxylic acids is 1. The zero-order chi connectivity index (χ0) is 26.0. The van der Waals surface area contributed by atoms with Crippen LogP contribution in [-0.2, 0) is 24.1 Å². The molecule has 1 atom stereocenters. The molecule has 37 heavy (non-hydrogen) atoms. The molecule has 0 aromatic heterocycles. The molecule has 5 nitrogen and oxygen atoms in total. The number of hydrogen-bond acceptors (Lipinski definition) is 4. The van der Waals surface area contributed by atoms with Gasteiger partial charge in [-0.15, -0.1) is 0 Å². The molecule has 2 aliphatic carbocycles. The quantitative estimate of drug-likeness (QED) is 0.322. The second kappa shape index (κ2) is 10.3. The van der Waals surface area contributed by atoms with Crippen molar-refractivity contribution >= 4 is 33.6 Å². The number of carboxylic acid groups (broad SMARTS) is 1. The lowest BCUT2D eigenvalue weighted by Crippen LogP contribution is -2.33. The molecule has 1 unspecified atom stereocenters. The summed E-state index contributed by atoms with van der Waals surface area (Å²) in [6.45, 7) is 0. The van der Waals surface area contributed by atoms with Crippen molar-refractivity contribution in [1.82, 2.24) is 0 Å². The van der Waals surface area contributed by atoms with E-state index in [-0.39, 0.29) is 6.42 Å². The molecule has 0 aliphatic heterocycles. The molecule has 0 amide bonds. The fraction of sp³-hybridized carbons (Fsp3) is 0.281. The van der Waals surface area contributed by atoms with Gasteiger partial charge < -0.3 is 19.7 Å². The van der Waals surface area contributed by atoms with Gasteiger partial charge in [0.2, 0.25) is 0 Å². The molecular weight excluding hydrogens is 464 g/mol. The van der Waals surface area contributed by atoms with Crippen molar-refractivity contribution in [2.75, 3.05) is 14.2 Å².